The first-order valence-electron chi connectivity index (χ1n) is 9.42. The van der Waals surface area contributed by atoms with Gasteiger partial charge in [-0.25, -0.2) is 4.98 Å². The molecule has 0 saturated heterocycles. The molecule has 2 heterocycles. The van der Waals surface area contributed by atoms with Gasteiger partial charge in [0.2, 0.25) is 11.8 Å². The quantitative estimate of drug-likeness (QED) is 0.393. The third kappa shape index (κ3) is 4.27. The minimum atomic E-state index is -0.180. The van der Waals surface area contributed by atoms with E-state index in [1.54, 1.807) is 16.3 Å². The number of carbonyl (C=O) groups is 1. The maximum absolute atomic E-state index is 13.1. The molecule has 0 spiro atoms. The molecule has 0 atom stereocenters. The molecule has 4 rings (SSSR count). The van der Waals surface area contributed by atoms with Gasteiger partial charge in [-0.15, -0.1) is 21.5 Å². The average Bonchev–Trinajstić information content (AvgIpc) is 3.42. The van der Waals surface area contributed by atoms with Crippen molar-refractivity contribution in [2.24, 2.45) is 0 Å². The summed E-state index contributed by atoms with van der Waals surface area (Å²) in [6.45, 7) is 4.06. The lowest BCUT2D eigenvalue weighted by Crippen LogP contribution is -2.36. The Morgan fingerprint density at radius 2 is 1.83 bits per heavy atom. The van der Waals surface area contributed by atoms with E-state index in [2.05, 4.69) is 15.2 Å². The second-order valence-electron chi connectivity index (χ2n) is 6.91. The number of aromatic nitrogens is 3. The molecule has 0 aliphatic rings. The van der Waals surface area contributed by atoms with Gasteiger partial charge in [0.25, 0.3) is 5.91 Å². The fourth-order valence-corrected chi connectivity index (χ4v) is 3.94. The highest BCUT2D eigenvalue weighted by Crippen LogP contribution is 2.27. The Morgan fingerprint density at radius 3 is 2.57 bits per heavy atom. The van der Waals surface area contributed by atoms with E-state index in [9.17, 15) is 4.79 Å². The van der Waals surface area contributed by atoms with Crippen molar-refractivity contribution in [2.75, 3.05) is 0 Å². The SMILES string of the molecule is CC(C)N(Cc1nnc(-c2ccccc2Cl)o1)C(=O)c1csc(-c2ccccc2)n1. The Bertz CT molecular complexity index is 1160. The van der Waals surface area contributed by atoms with E-state index >= 15 is 0 Å². The zero-order chi connectivity index (χ0) is 21.1. The van der Waals surface area contributed by atoms with Crippen molar-refractivity contribution < 1.29 is 9.21 Å². The van der Waals surface area contributed by atoms with Gasteiger partial charge < -0.3 is 9.32 Å². The summed E-state index contributed by atoms with van der Waals surface area (Å²) in [5.74, 6) is 0.484. The van der Waals surface area contributed by atoms with Crippen LogP contribution in [0.25, 0.3) is 22.0 Å². The Kier molecular flexibility index (Phi) is 5.92. The molecule has 2 aromatic carbocycles. The third-order valence-corrected chi connectivity index (χ3v) is 5.73. The highest BCUT2D eigenvalue weighted by molar-refractivity contribution is 7.13. The normalized spacial score (nSPS) is 11.1. The van der Waals surface area contributed by atoms with Gasteiger partial charge in [-0.1, -0.05) is 54.1 Å². The summed E-state index contributed by atoms with van der Waals surface area (Å²) in [5, 5.41) is 11.3. The van der Waals surface area contributed by atoms with Gasteiger partial charge in [0.1, 0.15) is 10.7 Å². The molecule has 0 N–H and O–H groups in total. The van der Waals surface area contributed by atoms with Crippen LogP contribution >= 0.6 is 22.9 Å². The van der Waals surface area contributed by atoms with Gasteiger partial charge in [-0.3, -0.25) is 4.79 Å². The largest absolute Gasteiger partial charge is 0.419 e. The highest BCUT2D eigenvalue weighted by atomic mass is 35.5. The summed E-state index contributed by atoms with van der Waals surface area (Å²) in [6, 6.07) is 17.0. The average molecular weight is 439 g/mol. The lowest BCUT2D eigenvalue weighted by atomic mass is 10.2. The predicted octanol–water partition coefficient (Wildman–Crippen LogP) is 5.56. The van der Waals surface area contributed by atoms with Crippen molar-refractivity contribution in [1.29, 1.82) is 0 Å². The first-order chi connectivity index (χ1) is 14.5. The molecule has 0 aliphatic heterocycles. The number of thiazole rings is 1. The van der Waals surface area contributed by atoms with Crippen molar-refractivity contribution in [1.82, 2.24) is 20.1 Å². The molecule has 2 aromatic heterocycles. The van der Waals surface area contributed by atoms with Crippen molar-refractivity contribution in [2.45, 2.75) is 26.4 Å². The standard InChI is InChI=1S/C22H19ClN4O2S/c1-14(2)27(12-19-25-26-20(29-19)16-10-6-7-11-17(16)23)22(28)18-13-30-21(24-18)15-8-4-3-5-9-15/h3-11,13-14H,12H2,1-2H3. The van der Waals surface area contributed by atoms with Crippen LogP contribution < -0.4 is 0 Å². The van der Waals surface area contributed by atoms with E-state index in [-0.39, 0.29) is 18.5 Å². The van der Waals surface area contributed by atoms with Crippen LogP contribution in [-0.2, 0) is 6.54 Å². The van der Waals surface area contributed by atoms with Crippen LogP contribution in [0.5, 0.6) is 0 Å². The van der Waals surface area contributed by atoms with Gasteiger partial charge in [0.15, 0.2) is 0 Å². The fourth-order valence-electron chi connectivity index (χ4n) is 2.93. The summed E-state index contributed by atoms with van der Waals surface area (Å²) >= 11 is 7.65. The minimum absolute atomic E-state index is 0.0740. The lowest BCUT2D eigenvalue weighted by molar-refractivity contribution is 0.0667. The topological polar surface area (TPSA) is 72.1 Å². The molecule has 6 nitrogen and oxygen atoms in total. The second-order valence-corrected chi connectivity index (χ2v) is 8.18. The maximum atomic E-state index is 13.1. The number of nitrogens with zero attached hydrogens (tertiary/aromatic N) is 4. The molecular formula is C22H19ClN4O2S. The van der Waals surface area contributed by atoms with E-state index in [1.165, 1.54) is 11.3 Å². The molecule has 0 bridgehead atoms. The Hall–Kier alpha value is -3.03. The minimum Gasteiger partial charge on any atom is -0.419 e. The second kappa shape index (κ2) is 8.77. The van der Waals surface area contributed by atoms with Gasteiger partial charge in [-0.2, -0.15) is 0 Å². The summed E-state index contributed by atoms with van der Waals surface area (Å²) in [7, 11) is 0. The third-order valence-electron chi connectivity index (χ3n) is 4.50. The van der Waals surface area contributed by atoms with Crippen LogP contribution in [0.15, 0.2) is 64.4 Å². The zero-order valence-electron chi connectivity index (χ0n) is 16.4. The number of hydrogen-bond donors (Lipinski definition) is 0. The van der Waals surface area contributed by atoms with Crippen LogP contribution in [0.4, 0.5) is 0 Å². The molecule has 0 radical (unpaired) electrons. The molecule has 1 amide bonds. The van der Waals surface area contributed by atoms with E-state index in [1.807, 2.05) is 62.4 Å². The van der Waals surface area contributed by atoms with Crippen molar-refractivity contribution in [3.8, 4) is 22.0 Å². The van der Waals surface area contributed by atoms with Gasteiger partial charge in [0, 0.05) is 17.0 Å². The van der Waals surface area contributed by atoms with E-state index in [0.717, 1.165) is 10.6 Å². The monoisotopic (exact) mass is 438 g/mol. The molecular weight excluding hydrogens is 420 g/mol. The Morgan fingerprint density at radius 1 is 1.10 bits per heavy atom. The lowest BCUT2D eigenvalue weighted by Gasteiger charge is -2.24. The van der Waals surface area contributed by atoms with E-state index < -0.39 is 0 Å². The Balaban J connectivity index is 1.54. The molecule has 0 saturated carbocycles. The van der Waals surface area contributed by atoms with Crippen LogP contribution in [0, 0.1) is 0 Å². The van der Waals surface area contributed by atoms with Crippen molar-refractivity contribution >= 4 is 28.8 Å². The van der Waals surface area contributed by atoms with Crippen LogP contribution in [0.3, 0.4) is 0 Å². The number of amides is 1. The van der Waals surface area contributed by atoms with Crippen LogP contribution in [0.1, 0.15) is 30.2 Å². The highest BCUT2D eigenvalue weighted by Gasteiger charge is 2.24. The number of halogens is 1. The van der Waals surface area contributed by atoms with E-state index in [0.29, 0.717) is 28.1 Å². The van der Waals surface area contributed by atoms with Gasteiger partial charge >= 0.3 is 0 Å². The number of benzene rings is 2. The molecule has 30 heavy (non-hydrogen) atoms. The predicted molar refractivity (Wildman–Crippen MR) is 117 cm³/mol. The van der Waals surface area contributed by atoms with Gasteiger partial charge in [-0.05, 0) is 26.0 Å². The van der Waals surface area contributed by atoms with Gasteiger partial charge in [0.05, 0.1) is 17.1 Å². The maximum Gasteiger partial charge on any atom is 0.274 e. The van der Waals surface area contributed by atoms with Crippen molar-refractivity contribution in [3.05, 3.63) is 76.6 Å². The van der Waals surface area contributed by atoms with Crippen LogP contribution in [-0.4, -0.2) is 32.0 Å². The first kappa shape index (κ1) is 20.3. The Labute approximate surface area is 183 Å². The molecule has 0 aliphatic carbocycles. The molecule has 0 fully saturated rings. The van der Waals surface area contributed by atoms with Crippen LogP contribution in [0.2, 0.25) is 5.02 Å². The molecule has 4 aromatic rings. The zero-order valence-corrected chi connectivity index (χ0v) is 18.0. The summed E-state index contributed by atoms with van der Waals surface area (Å²) < 4.78 is 5.77. The molecule has 152 valence electrons. The number of hydrogen-bond acceptors (Lipinski definition) is 6. The first-order valence-corrected chi connectivity index (χ1v) is 10.7. The van der Waals surface area contributed by atoms with E-state index in [4.69, 9.17) is 16.0 Å². The summed E-state index contributed by atoms with van der Waals surface area (Å²) in [4.78, 5) is 19.3. The molecule has 0 unspecified atom stereocenters. The smallest absolute Gasteiger partial charge is 0.274 e. The number of carbonyl (C=O) groups excluding carboxylic acids is 1. The molecule has 8 heteroatoms. The number of rotatable bonds is 6. The fraction of sp³-hybridized carbons (Fsp3) is 0.182. The summed E-state index contributed by atoms with van der Waals surface area (Å²) in [6.07, 6.45) is 0. The van der Waals surface area contributed by atoms with Crippen molar-refractivity contribution in [3.63, 3.8) is 0 Å². The summed E-state index contributed by atoms with van der Waals surface area (Å²) in [5.41, 5.74) is 2.05.